The molecule has 2 rings (SSSR count). The van der Waals surface area contributed by atoms with Crippen molar-refractivity contribution in [1.82, 2.24) is 25.1 Å². The zero-order valence-electron chi connectivity index (χ0n) is 10.9. The van der Waals surface area contributed by atoms with E-state index in [0.29, 0.717) is 0 Å². The second-order valence-electron chi connectivity index (χ2n) is 4.23. The van der Waals surface area contributed by atoms with Gasteiger partial charge in [-0.05, 0) is 25.1 Å². The van der Waals surface area contributed by atoms with E-state index >= 15 is 0 Å². The SMILES string of the molecule is CCCn1ncnc1CC(NC)c1cccnc1. The first-order valence-electron chi connectivity index (χ1n) is 6.29. The largest absolute Gasteiger partial charge is 0.313 e. The maximum absolute atomic E-state index is 4.34. The summed E-state index contributed by atoms with van der Waals surface area (Å²) in [5, 5.41) is 7.55. The molecule has 18 heavy (non-hydrogen) atoms. The van der Waals surface area contributed by atoms with Crippen LogP contribution in [0.2, 0.25) is 0 Å². The highest BCUT2D eigenvalue weighted by atomic mass is 15.3. The summed E-state index contributed by atoms with van der Waals surface area (Å²) in [4.78, 5) is 8.50. The van der Waals surface area contributed by atoms with Gasteiger partial charge in [-0.3, -0.25) is 9.67 Å². The van der Waals surface area contributed by atoms with Crippen molar-refractivity contribution in [2.45, 2.75) is 32.4 Å². The fourth-order valence-electron chi connectivity index (χ4n) is 2.00. The van der Waals surface area contributed by atoms with E-state index in [1.807, 2.05) is 24.0 Å². The van der Waals surface area contributed by atoms with Crippen LogP contribution in [-0.2, 0) is 13.0 Å². The van der Waals surface area contributed by atoms with Crippen molar-refractivity contribution >= 4 is 0 Å². The molecule has 1 unspecified atom stereocenters. The van der Waals surface area contributed by atoms with Crippen molar-refractivity contribution < 1.29 is 0 Å². The first-order chi connectivity index (χ1) is 8.85. The van der Waals surface area contributed by atoms with Gasteiger partial charge in [0, 0.05) is 31.4 Å². The average molecular weight is 245 g/mol. The highest BCUT2D eigenvalue weighted by Gasteiger charge is 2.14. The lowest BCUT2D eigenvalue weighted by Gasteiger charge is -2.16. The minimum atomic E-state index is 0.221. The van der Waals surface area contributed by atoms with E-state index < -0.39 is 0 Å². The summed E-state index contributed by atoms with van der Waals surface area (Å²) in [5.41, 5.74) is 1.17. The van der Waals surface area contributed by atoms with Crippen LogP contribution < -0.4 is 5.32 Å². The quantitative estimate of drug-likeness (QED) is 0.839. The highest BCUT2D eigenvalue weighted by Crippen LogP contribution is 2.15. The molecule has 5 heteroatoms. The van der Waals surface area contributed by atoms with Gasteiger partial charge in [0.2, 0.25) is 0 Å². The maximum atomic E-state index is 4.34. The molecule has 0 spiro atoms. The lowest BCUT2D eigenvalue weighted by atomic mass is 10.1. The number of rotatable bonds is 6. The van der Waals surface area contributed by atoms with Crippen LogP contribution in [0.3, 0.4) is 0 Å². The average Bonchev–Trinajstić information content (AvgIpc) is 2.85. The first kappa shape index (κ1) is 12.7. The zero-order valence-corrected chi connectivity index (χ0v) is 10.9. The second kappa shape index (κ2) is 6.26. The van der Waals surface area contributed by atoms with E-state index in [4.69, 9.17) is 0 Å². The molecule has 0 aliphatic rings. The lowest BCUT2D eigenvalue weighted by Crippen LogP contribution is -2.21. The van der Waals surface area contributed by atoms with Crippen molar-refractivity contribution in [1.29, 1.82) is 0 Å². The molecule has 5 nitrogen and oxygen atoms in total. The fraction of sp³-hybridized carbons (Fsp3) is 0.462. The predicted molar refractivity (Wildman–Crippen MR) is 70.1 cm³/mol. The highest BCUT2D eigenvalue weighted by molar-refractivity contribution is 5.15. The molecule has 0 bridgehead atoms. The molecule has 2 heterocycles. The third-order valence-electron chi connectivity index (χ3n) is 2.95. The van der Waals surface area contributed by atoms with Gasteiger partial charge in [-0.2, -0.15) is 5.10 Å². The second-order valence-corrected chi connectivity index (χ2v) is 4.23. The molecule has 2 aromatic heterocycles. The Morgan fingerprint density at radius 3 is 3.00 bits per heavy atom. The number of likely N-dealkylation sites (N-methyl/N-ethyl adjacent to an activating group) is 1. The number of aryl methyl sites for hydroxylation is 1. The Balaban J connectivity index is 2.13. The van der Waals surface area contributed by atoms with Gasteiger partial charge >= 0.3 is 0 Å². The van der Waals surface area contributed by atoms with Gasteiger partial charge in [-0.1, -0.05) is 13.0 Å². The Morgan fingerprint density at radius 1 is 1.44 bits per heavy atom. The molecule has 0 aliphatic carbocycles. The summed E-state index contributed by atoms with van der Waals surface area (Å²) in [6.07, 6.45) is 7.19. The Morgan fingerprint density at radius 2 is 2.33 bits per heavy atom. The van der Waals surface area contributed by atoms with Crippen molar-refractivity contribution in [2.24, 2.45) is 0 Å². The van der Waals surface area contributed by atoms with Gasteiger partial charge in [0.15, 0.2) is 0 Å². The molecule has 0 radical (unpaired) electrons. The summed E-state index contributed by atoms with van der Waals surface area (Å²) in [6.45, 7) is 3.06. The topological polar surface area (TPSA) is 55.6 Å². The van der Waals surface area contributed by atoms with Gasteiger partial charge < -0.3 is 5.32 Å². The van der Waals surface area contributed by atoms with Crippen molar-refractivity contribution in [3.8, 4) is 0 Å². The zero-order chi connectivity index (χ0) is 12.8. The molecule has 0 aliphatic heterocycles. The van der Waals surface area contributed by atoms with Crippen molar-refractivity contribution in [3.05, 3.63) is 42.2 Å². The molecule has 0 amide bonds. The van der Waals surface area contributed by atoms with Crippen LogP contribution in [0.4, 0.5) is 0 Å². The molecular formula is C13H19N5. The van der Waals surface area contributed by atoms with E-state index in [1.54, 1.807) is 12.5 Å². The Labute approximate surface area is 107 Å². The molecular weight excluding hydrogens is 226 g/mol. The monoisotopic (exact) mass is 245 g/mol. The van der Waals surface area contributed by atoms with Crippen LogP contribution >= 0.6 is 0 Å². The van der Waals surface area contributed by atoms with Crippen LogP contribution in [0.15, 0.2) is 30.9 Å². The van der Waals surface area contributed by atoms with Gasteiger partial charge in [0.25, 0.3) is 0 Å². The third kappa shape index (κ3) is 2.92. The van der Waals surface area contributed by atoms with Crippen LogP contribution in [0.5, 0.6) is 0 Å². The molecule has 0 fully saturated rings. The maximum Gasteiger partial charge on any atom is 0.138 e. The molecule has 1 N–H and O–H groups in total. The van der Waals surface area contributed by atoms with Crippen molar-refractivity contribution in [3.63, 3.8) is 0 Å². The normalized spacial score (nSPS) is 12.6. The number of nitrogens with zero attached hydrogens (tertiary/aromatic N) is 4. The number of nitrogens with one attached hydrogen (secondary N) is 1. The van der Waals surface area contributed by atoms with E-state index in [0.717, 1.165) is 25.2 Å². The third-order valence-corrected chi connectivity index (χ3v) is 2.95. The number of pyridine rings is 1. The molecule has 0 saturated carbocycles. The number of aromatic nitrogens is 4. The molecule has 0 aromatic carbocycles. The van der Waals surface area contributed by atoms with E-state index in [1.165, 1.54) is 5.56 Å². The van der Waals surface area contributed by atoms with E-state index in [2.05, 4.69) is 33.4 Å². The molecule has 1 atom stereocenters. The van der Waals surface area contributed by atoms with Gasteiger partial charge in [0.1, 0.15) is 12.2 Å². The summed E-state index contributed by atoms with van der Waals surface area (Å²) >= 11 is 0. The minimum absolute atomic E-state index is 0.221. The van der Waals surface area contributed by atoms with Gasteiger partial charge in [-0.25, -0.2) is 4.98 Å². The van der Waals surface area contributed by atoms with Gasteiger partial charge in [-0.15, -0.1) is 0 Å². The molecule has 2 aromatic rings. The first-order valence-corrected chi connectivity index (χ1v) is 6.29. The Hall–Kier alpha value is -1.75. The van der Waals surface area contributed by atoms with Crippen molar-refractivity contribution in [2.75, 3.05) is 7.05 Å². The lowest BCUT2D eigenvalue weighted by molar-refractivity contribution is 0.516. The molecule has 0 saturated heterocycles. The van der Waals surface area contributed by atoms with E-state index in [9.17, 15) is 0 Å². The van der Waals surface area contributed by atoms with Crippen LogP contribution in [0.1, 0.15) is 30.8 Å². The number of hydrogen-bond donors (Lipinski definition) is 1. The predicted octanol–water partition coefficient (Wildman–Crippen LogP) is 1.59. The standard InChI is InChI=1S/C13H19N5/c1-3-7-18-13(16-10-17-18)8-12(14-2)11-5-4-6-15-9-11/h4-6,9-10,12,14H,3,7-8H2,1-2H3. The van der Waals surface area contributed by atoms with Gasteiger partial charge in [0.05, 0.1) is 0 Å². The summed E-state index contributed by atoms with van der Waals surface area (Å²) < 4.78 is 1.97. The smallest absolute Gasteiger partial charge is 0.138 e. The summed E-state index contributed by atoms with van der Waals surface area (Å²) in [5.74, 6) is 1.01. The summed E-state index contributed by atoms with van der Waals surface area (Å²) in [6, 6.07) is 4.25. The van der Waals surface area contributed by atoms with Crippen LogP contribution in [-0.4, -0.2) is 26.8 Å². The van der Waals surface area contributed by atoms with Crippen LogP contribution in [0.25, 0.3) is 0 Å². The molecule has 96 valence electrons. The Kier molecular flexibility index (Phi) is 4.41. The number of hydrogen-bond acceptors (Lipinski definition) is 4. The van der Waals surface area contributed by atoms with E-state index in [-0.39, 0.29) is 6.04 Å². The summed E-state index contributed by atoms with van der Waals surface area (Å²) in [7, 11) is 1.96. The fourth-order valence-corrected chi connectivity index (χ4v) is 2.00. The minimum Gasteiger partial charge on any atom is -0.313 e. The Bertz CT molecular complexity index is 465. The van der Waals surface area contributed by atoms with Crippen LogP contribution in [0, 0.1) is 0 Å².